The lowest BCUT2D eigenvalue weighted by Crippen LogP contribution is -2.12. The summed E-state index contributed by atoms with van der Waals surface area (Å²) in [6, 6.07) is 10.7. The minimum Gasteiger partial charge on any atom is -0.502 e. The summed E-state index contributed by atoms with van der Waals surface area (Å²) in [5.74, 6) is -3.02. The quantitative estimate of drug-likeness (QED) is 0.633. The first-order valence-electron chi connectivity index (χ1n) is 6.87. The van der Waals surface area contributed by atoms with E-state index >= 15 is 0 Å². The zero-order valence-corrected chi connectivity index (χ0v) is 14.0. The summed E-state index contributed by atoms with van der Waals surface area (Å²) >= 11 is 5.90. The van der Waals surface area contributed by atoms with Gasteiger partial charge in [0.15, 0.2) is 5.76 Å². The normalized spacial score (nSPS) is 11.4. The molecule has 3 N–H and O–H groups in total. The van der Waals surface area contributed by atoms with Crippen LogP contribution in [0.15, 0.2) is 57.8 Å². The van der Waals surface area contributed by atoms with Crippen LogP contribution in [-0.4, -0.2) is 18.6 Å². The van der Waals surface area contributed by atoms with Crippen molar-refractivity contribution in [3.05, 3.63) is 59.4 Å². The summed E-state index contributed by atoms with van der Waals surface area (Å²) in [5.41, 5.74) is 0.0843. The molecule has 3 aromatic rings. The Bertz CT molecular complexity index is 1030. The van der Waals surface area contributed by atoms with Gasteiger partial charge in [0.2, 0.25) is 11.5 Å². The lowest BCUT2D eigenvalue weighted by atomic mass is 10.1. The summed E-state index contributed by atoms with van der Waals surface area (Å²) in [4.78, 5) is -0.0633. The van der Waals surface area contributed by atoms with Crippen molar-refractivity contribution in [1.82, 2.24) is 0 Å². The number of benzene rings is 2. The fourth-order valence-electron chi connectivity index (χ4n) is 2.12. The van der Waals surface area contributed by atoms with Crippen molar-refractivity contribution in [2.75, 3.05) is 4.72 Å². The highest BCUT2D eigenvalue weighted by Crippen LogP contribution is 2.47. The molecule has 6 nitrogen and oxygen atoms in total. The lowest BCUT2D eigenvalue weighted by Gasteiger charge is -2.05. The topological polar surface area (TPSA) is 99.8 Å². The summed E-state index contributed by atoms with van der Waals surface area (Å²) < 4.78 is 45.0. The van der Waals surface area contributed by atoms with Gasteiger partial charge in [0.1, 0.15) is 5.82 Å². The van der Waals surface area contributed by atoms with Gasteiger partial charge < -0.3 is 14.6 Å². The highest BCUT2D eigenvalue weighted by molar-refractivity contribution is 7.92. The predicted molar refractivity (Wildman–Crippen MR) is 89.7 cm³/mol. The molecule has 9 heteroatoms. The van der Waals surface area contributed by atoms with Crippen LogP contribution in [0.2, 0.25) is 5.02 Å². The first-order valence-corrected chi connectivity index (χ1v) is 8.73. The molecule has 0 aliphatic rings. The lowest BCUT2D eigenvalue weighted by molar-refractivity contribution is 0.410. The van der Waals surface area contributed by atoms with Gasteiger partial charge in [-0.25, -0.2) is 17.5 Å². The van der Waals surface area contributed by atoms with E-state index in [-0.39, 0.29) is 21.2 Å². The smallest absolute Gasteiger partial charge is 0.264 e. The van der Waals surface area contributed by atoms with Crippen molar-refractivity contribution in [1.29, 1.82) is 0 Å². The second-order valence-electron chi connectivity index (χ2n) is 5.00. The molecule has 0 bridgehead atoms. The zero-order chi connectivity index (χ0) is 18.2. The number of anilines is 1. The van der Waals surface area contributed by atoms with Crippen LogP contribution in [0.5, 0.6) is 11.5 Å². The standard InChI is InChI=1S/C16H11ClFNO5S/c17-12-8-9(18)6-7-11(12)15-13(20)14(21)16(24-15)19-25(22,23)10-4-2-1-3-5-10/h1-8,19-21H. The Balaban J connectivity index is 2.03. The molecule has 0 atom stereocenters. The number of nitrogens with one attached hydrogen (secondary N) is 1. The van der Waals surface area contributed by atoms with Gasteiger partial charge in [-0.1, -0.05) is 29.8 Å². The van der Waals surface area contributed by atoms with Gasteiger partial charge in [-0.15, -0.1) is 0 Å². The number of furan rings is 1. The second kappa shape index (κ2) is 6.30. The molecule has 0 aliphatic carbocycles. The Kier molecular flexibility index (Phi) is 4.32. The Labute approximate surface area is 147 Å². The van der Waals surface area contributed by atoms with Gasteiger partial charge in [0.25, 0.3) is 15.9 Å². The Morgan fingerprint density at radius 1 is 1.04 bits per heavy atom. The Hall–Kier alpha value is -2.71. The SMILES string of the molecule is O=S(=O)(Nc1oc(-c2ccc(F)cc2Cl)c(O)c1O)c1ccccc1. The second-order valence-corrected chi connectivity index (χ2v) is 7.09. The molecular formula is C16H11ClFNO5S. The van der Waals surface area contributed by atoms with Crippen LogP contribution in [0, 0.1) is 5.82 Å². The number of hydrogen-bond donors (Lipinski definition) is 3. The Morgan fingerprint density at radius 3 is 2.36 bits per heavy atom. The average molecular weight is 384 g/mol. The largest absolute Gasteiger partial charge is 0.502 e. The van der Waals surface area contributed by atoms with E-state index in [9.17, 15) is 23.0 Å². The predicted octanol–water partition coefficient (Wildman–Crippen LogP) is 3.95. The number of halogens is 2. The van der Waals surface area contributed by atoms with E-state index in [1.807, 2.05) is 4.72 Å². The fourth-order valence-corrected chi connectivity index (χ4v) is 3.39. The molecule has 1 aromatic heterocycles. The van der Waals surface area contributed by atoms with E-state index in [4.69, 9.17) is 16.0 Å². The molecule has 0 saturated carbocycles. The molecule has 0 amide bonds. The van der Waals surface area contributed by atoms with Crippen molar-refractivity contribution in [3.63, 3.8) is 0 Å². The molecule has 130 valence electrons. The van der Waals surface area contributed by atoms with Gasteiger partial charge in [-0.2, -0.15) is 0 Å². The first kappa shape index (κ1) is 17.1. The van der Waals surface area contributed by atoms with E-state index in [1.165, 1.54) is 30.3 Å². The van der Waals surface area contributed by atoms with Crippen LogP contribution < -0.4 is 4.72 Å². The summed E-state index contributed by atoms with van der Waals surface area (Å²) in [7, 11) is -4.05. The number of sulfonamides is 1. The molecular weight excluding hydrogens is 373 g/mol. The molecule has 25 heavy (non-hydrogen) atoms. The van der Waals surface area contributed by atoms with Crippen LogP contribution in [-0.2, 0) is 10.0 Å². The maximum Gasteiger partial charge on any atom is 0.264 e. The van der Waals surface area contributed by atoms with Crippen LogP contribution >= 0.6 is 11.6 Å². The molecule has 3 rings (SSSR count). The van der Waals surface area contributed by atoms with E-state index in [2.05, 4.69) is 0 Å². The molecule has 0 saturated heterocycles. The van der Waals surface area contributed by atoms with Crippen molar-refractivity contribution < 1.29 is 27.4 Å². The fraction of sp³-hybridized carbons (Fsp3) is 0. The van der Waals surface area contributed by atoms with Crippen LogP contribution in [0.3, 0.4) is 0 Å². The first-order chi connectivity index (χ1) is 11.8. The van der Waals surface area contributed by atoms with Crippen molar-refractivity contribution in [2.24, 2.45) is 0 Å². The molecule has 0 fully saturated rings. The Morgan fingerprint density at radius 2 is 1.72 bits per heavy atom. The van der Waals surface area contributed by atoms with Crippen molar-refractivity contribution in [3.8, 4) is 22.8 Å². The van der Waals surface area contributed by atoms with Crippen molar-refractivity contribution >= 4 is 27.5 Å². The maximum absolute atomic E-state index is 13.1. The van der Waals surface area contributed by atoms with Gasteiger partial charge in [-0.05, 0) is 30.3 Å². The van der Waals surface area contributed by atoms with Crippen LogP contribution in [0.1, 0.15) is 0 Å². The third-order valence-corrected chi connectivity index (χ3v) is 4.97. The third-order valence-electron chi connectivity index (χ3n) is 3.31. The zero-order valence-electron chi connectivity index (χ0n) is 12.4. The van der Waals surface area contributed by atoms with Crippen LogP contribution in [0.4, 0.5) is 10.3 Å². The van der Waals surface area contributed by atoms with Gasteiger partial charge in [0.05, 0.1) is 9.92 Å². The van der Waals surface area contributed by atoms with E-state index in [0.29, 0.717) is 0 Å². The van der Waals surface area contributed by atoms with Crippen molar-refractivity contribution in [2.45, 2.75) is 4.90 Å². The molecule has 0 spiro atoms. The molecule has 0 unspecified atom stereocenters. The molecule has 1 heterocycles. The number of hydrogen-bond acceptors (Lipinski definition) is 5. The number of rotatable bonds is 4. The minimum atomic E-state index is -4.05. The molecule has 0 aliphatic heterocycles. The summed E-state index contributed by atoms with van der Waals surface area (Å²) in [6.45, 7) is 0. The van der Waals surface area contributed by atoms with E-state index in [0.717, 1.165) is 12.1 Å². The van der Waals surface area contributed by atoms with Gasteiger partial charge in [0, 0.05) is 5.56 Å². The van der Waals surface area contributed by atoms with Gasteiger partial charge >= 0.3 is 0 Å². The number of aromatic hydroxyl groups is 2. The minimum absolute atomic E-state index is 0.0633. The van der Waals surface area contributed by atoms with Gasteiger partial charge in [-0.3, -0.25) is 0 Å². The highest BCUT2D eigenvalue weighted by atomic mass is 35.5. The summed E-state index contributed by atoms with van der Waals surface area (Å²) in [5, 5.41) is 19.9. The van der Waals surface area contributed by atoms with Crippen LogP contribution in [0.25, 0.3) is 11.3 Å². The summed E-state index contributed by atoms with van der Waals surface area (Å²) in [6.07, 6.45) is 0. The average Bonchev–Trinajstić information content (AvgIpc) is 2.84. The van der Waals surface area contributed by atoms with E-state index < -0.39 is 33.2 Å². The molecule has 2 aromatic carbocycles. The van der Waals surface area contributed by atoms with E-state index in [1.54, 1.807) is 6.07 Å². The maximum atomic E-state index is 13.1. The highest BCUT2D eigenvalue weighted by Gasteiger charge is 2.26. The molecule has 0 radical (unpaired) electrons. The third kappa shape index (κ3) is 3.26. The monoisotopic (exact) mass is 383 g/mol.